The van der Waals surface area contributed by atoms with E-state index in [0.29, 0.717) is 17.0 Å². The molecule has 1 heterocycles. The molecule has 7 heteroatoms. The Hall–Kier alpha value is -4.65. The number of para-hydroxylation sites is 2. The summed E-state index contributed by atoms with van der Waals surface area (Å²) in [6, 6.07) is 29.7. The van der Waals surface area contributed by atoms with E-state index in [0.717, 1.165) is 16.9 Å². The van der Waals surface area contributed by atoms with E-state index in [2.05, 4.69) is 10.6 Å². The van der Waals surface area contributed by atoms with E-state index in [1.807, 2.05) is 66.7 Å². The van der Waals surface area contributed by atoms with Gasteiger partial charge < -0.3 is 15.4 Å². The Morgan fingerprint density at radius 1 is 0.886 bits per heavy atom. The quantitative estimate of drug-likeness (QED) is 0.387. The number of hydrogen-bond acceptors (Lipinski definition) is 4. The van der Waals surface area contributed by atoms with Gasteiger partial charge in [-0.25, -0.2) is 4.39 Å². The molecule has 0 bridgehead atoms. The van der Waals surface area contributed by atoms with E-state index in [1.165, 1.54) is 24.3 Å². The summed E-state index contributed by atoms with van der Waals surface area (Å²) >= 11 is 0. The predicted octanol–water partition coefficient (Wildman–Crippen LogP) is 5.61. The van der Waals surface area contributed by atoms with Gasteiger partial charge in [0.15, 0.2) is 6.61 Å². The van der Waals surface area contributed by atoms with Crippen molar-refractivity contribution in [1.82, 2.24) is 0 Å². The molecule has 0 aliphatic carbocycles. The van der Waals surface area contributed by atoms with Crippen LogP contribution in [0.3, 0.4) is 0 Å². The van der Waals surface area contributed by atoms with E-state index in [9.17, 15) is 14.0 Å². The molecule has 4 aromatic rings. The monoisotopic (exact) mass is 467 g/mol. The van der Waals surface area contributed by atoms with Crippen LogP contribution in [0.15, 0.2) is 103 Å². The van der Waals surface area contributed by atoms with Gasteiger partial charge in [0, 0.05) is 17.1 Å². The highest BCUT2D eigenvalue weighted by molar-refractivity contribution is 6.12. The number of ether oxygens (including phenoxy) is 1. The standard InChI is InChI=1S/C28H22FN3O3/c29-20-12-14-21(15-13-20)30-26(33)18-35-23-16-10-19(11-17-23)27-31-25-9-5-4-8-24(25)28(34)32(27)22-6-2-1-3-7-22/h1-17,27,31H,18H2,(H,30,33)/t27-/m1/s1. The summed E-state index contributed by atoms with van der Waals surface area (Å²) in [5.41, 5.74) is 3.51. The van der Waals surface area contributed by atoms with Gasteiger partial charge in [-0.1, -0.05) is 42.5 Å². The van der Waals surface area contributed by atoms with E-state index in [4.69, 9.17) is 4.74 Å². The number of carbonyl (C=O) groups excluding carboxylic acids is 2. The molecule has 0 unspecified atom stereocenters. The molecule has 1 atom stereocenters. The number of rotatable bonds is 6. The summed E-state index contributed by atoms with van der Waals surface area (Å²) < 4.78 is 18.6. The Morgan fingerprint density at radius 2 is 1.57 bits per heavy atom. The first kappa shape index (κ1) is 22.2. The Kier molecular flexibility index (Phi) is 6.13. The first-order valence-electron chi connectivity index (χ1n) is 11.1. The molecule has 2 N–H and O–H groups in total. The van der Waals surface area contributed by atoms with Crippen LogP contribution in [-0.4, -0.2) is 18.4 Å². The Bertz CT molecular complexity index is 1340. The van der Waals surface area contributed by atoms with Gasteiger partial charge in [0.1, 0.15) is 17.7 Å². The Labute approximate surface area is 202 Å². The van der Waals surface area contributed by atoms with Gasteiger partial charge in [0.25, 0.3) is 11.8 Å². The van der Waals surface area contributed by atoms with Crippen molar-refractivity contribution >= 4 is 28.9 Å². The fourth-order valence-corrected chi connectivity index (χ4v) is 3.97. The lowest BCUT2D eigenvalue weighted by molar-refractivity contribution is -0.118. The van der Waals surface area contributed by atoms with Crippen molar-refractivity contribution in [2.24, 2.45) is 0 Å². The van der Waals surface area contributed by atoms with Crippen molar-refractivity contribution in [2.45, 2.75) is 6.17 Å². The number of anilines is 3. The van der Waals surface area contributed by atoms with Gasteiger partial charge in [-0.3, -0.25) is 14.5 Å². The molecule has 0 saturated heterocycles. The summed E-state index contributed by atoms with van der Waals surface area (Å²) in [4.78, 5) is 27.3. The molecule has 35 heavy (non-hydrogen) atoms. The van der Waals surface area contributed by atoms with Gasteiger partial charge in [0.05, 0.1) is 5.56 Å². The largest absolute Gasteiger partial charge is 0.484 e. The summed E-state index contributed by atoms with van der Waals surface area (Å²) in [5, 5.41) is 6.12. The fourth-order valence-electron chi connectivity index (χ4n) is 3.97. The Balaban J connectivity index is 1.32. The topological polar surface area (TPSA) is 70.7 Å². The lowest BCUT2D eigenvalue weighted by Crippen LogP contribution is -2.43. The average Bonchev–Trinajstić information content (AvgIpc) is 2.89. The molecular formula is C28H22FN3O3. The molecule has 0 spiro atoms. The maximum atomic E-state index is 13.4. The third-order valence-corrected chi connectivity index (χ3v) is 5.65. The highest BCUT2D eigenvalue weighted by Gasteiger charge is 2.33. The van der Waals surface area contributed by atoms with E-state index in [1.54, 1.807) is 17.0 Å². The molecule has 1 aliphatic rings. The zero-order chi connectivity index (χ0) is 24.2. The number of hydrogen-bond donors (Lipinski definition) is 2. The van der Waals surface area contributed by atoms with Gasteiger partial charge in [-0.05, 0) is 66.2 Å². The minimum Gasteiger partial charge on any atom is -0.484 e. The summed E-state index contributed by atoms with van der Waals surface area (Å²) in [5.74, 6) is -0.306. The van der Waals surface area contributed by atoms with Gasteiger partial charge in [0.2, 0.25) is 0 Å². The number of carbonyl (C=O) groups is 2. The average molecular weight is 468 g/mol. The van der Waals surface area contributed by atoms with Crippen molar-refractivity contribution < 1.29 is 18.7 Å². The molecule has 0 radical (unpaired) electrons. The second-order valence-corrected chi connectivity index (χ2v) is 8.02. The molecule has 1 aliphatic heterocycles. The van der Waals surface area contributed by atoms with Crippen LogP contribution in [0, 0.1) is 5.82 Å². The normalized spacial score (nSPS) is 14.6. The molecule has 0 aromatic heterocycles. The SMILES string of the molecule is O=C(COc1ccc([C@@H]2Nc3ccccc3C(=O)N2c2ccccc2)cc1)Nc1ccc(F)cc1. The summed E-state index contributed by atoms with van der Waals surface area (Å²) in [6.45, 7) is -0.194. The third-order valence-electron chi connectivity index (χ3n) is 5.65. The van der Waals surface area contributed by atoms with Crippen LogP contribution in [0.25, 0.3) is 0 Å². The van der Waals surface area contributed by atoms with Crippen LogP contribution in [-0.2, 0) is 4.79 Å². The van der Waals surface area contributed by atoms with Crippen molar-refractivity contribution in [3.05, 3.63) is 120 Å². The molecule has 0 saturated carbocycles. The number of fused-ring (bicyclic) bond motifs is 1. The fraction of sp³-hybridized carbons (Fsp3) is 0.0714. The zero-order valence-electron chi connectivity index (χ0n) is 18.6. The third kappa shape index (κ3) is 4.84. The molecule has 174 valence electrons. The van der Waals surface area contributed by atoms with Crippen molar-refractivity contribution in [1.29, 1.82) is 0 Å². The zero-order valence-corrected chi connectivity index (χ0v) is 18.6. The van der Waals surface area contributed by atoms with Crippen LogP contribution in [0.4, 0.5) is 21.5 Å². The molecule has 4 aromatic carbocycles. The predicted molar refractivity (Wildman–Crippen MR) is 133 cm³/mol. The minimum absolute atomic E-state index is 0.0895. The Morgan fingerprint density at radius 3 is 2.31 bits per heavy atom. The van der Waals surface area contributed by atoms with E-state index < -0.39 is 6.17 Å². The van der Waals surface area contributed by atoms with Crippen LogP contribution in [0.2, 0.25) is 0 Å². The minimum atomic E-state index is -0.421. The van der Waals surface area contributed by atoms with Crippen molar-refractivity contribution in [3.8, 4) is 5.75 Å². The first-order valence-corrected chi connectivity index (χ1v) is 11.1. The van der Waals surface area contributed by atoms with E-state index in [-0.39, 0.29) is 24.2 Å². The lowest BCUT2D eigenvalue weighted by Gasteiger charge is -2.38. The molecule has 0 fully saturated rings. The molecule has 6 nitrogen and oxygen atoms in total. The number of amides is 2. The molecular weight excluding hydrogens is 445 g/mol. The van der Waals surface area contributed by atoms with Crippen molar-refractivity contribution in [2.75, 3.05) is 22.1 Å². The highest BCUT2D eigenvalue weighted by atomic mass is 19.1. The first-order chi connectivity index (χ1) is 17.1. The number of nitrogens with one attached hydrogen (secondary N) is 2. The van der Waals surface area contributed by atoms with Crippen molar-refractivity contribution in [3.63, 3.8) is 0 Å². The maximum Gasteiger partial charge on any atom is 0.262 e. The number of nitrogens with zero attached hydrogens (tertiary/aromatic N) is 1. The smallest absolute Gasteiger partial charge is 0.262 e. The van der Waals surface area contributed by atoms with Gasteiger partial charge >= 0.3 is 0 Å². The van der Waals surface area contributed by atoms with Crippen LogP contribution in [0.1, 0.15) is 22.1 Å². The lowest BCUT2D eigenvalue weighted by atomic mass is 10.0. The number of benzene rings is 4. The van der Waals surface area contributed by atoms with Gasteiger partial charge in [-0.2, -0.15) is 0 Å². The molecule has 2 amide bonds. The summed E-state index contributed by atoms with van der Waals surface area (Å²) in [7, 11) is 0. The maximum absolute atomic E-state index is 13.4. The van der Waals surface area contributed by atoms with Crippen LogP contribution >= 0.6 is 0 Å². The second kappa shape index (κ2) is 9.69. The highest BCUT2D eigenvalue weighted by Crippen LogP contribution is 2.36. The van der Waals surface area contributed by atoms with E-state index >= 15 is 0 Å². The number of halogens is 1. The van der Waals surface area contributed by atoms with Crippen LogP contribution < -0.4 is 20.3 Å². The molecule has 5 rings (SSSR count). The van der Waals surface area contributed by atoms with Crippen LogP contribution in [0.5, 0.6) is 5.75 Å². The van der Waals surface area contributed by atoms with Gasteiger partial charge in [-0.15, -0.1) is 0 Å². The second-order valence-electron chi connectivity index (χ2n) is 8.02. The summed E-state index contributed by atoms with van der Waals surface area (Å²) in [6.07, 6.45) is -0.421.